The van der Waals surface area contributed by atoms with Crippen LogP contribution in [0.2, 0.25) is 0 Å². The van der Waals surface area contributed by atoms with Crippen molar-refractivity contribution in [2.75, 3.05) is 0 Å². The van der Waals surface area contributed by atoms with E-state index in [0.717, 1.165) is 16.7 Å². The lowest BCUT2D eigenvalue weighted by Gasteiger charge is -2.47. The molecule has 0 aromatic carbocycles. The molecule has 0 heterocycles. The monoisotopic (exact) mass is 206 g/mol. The summed E-state index contributed by atoms with van der Waals surface area (Å²) in [6.07, 6.45) is 12.3. The smallest absolute Gasteiger partial charge is 0.0263 e. The molecule has 0 nitrogen and oxygen atoms in total. The Bertz CT molecular complexity index is 276. The quantitative estimate of drug-likeness (QED) is 0.535. The summed E-state index contributed by atoms with van der Waals surface area (Å²) in [7, 11) is 0. The second-order valence-electron chi connectivity index (χ2n) is 7.97. The highest BCUT2D eigenvalue weighted by Crippen LogP contribution is 2.67. The molecule has 0 radical (unpaired) electrons. The first-order valence-electron chi connectivity index (χ1n) is 6.93. The Morgan fingerprint density at radius 2 is 1.67 bits per heavy atom. The molecule has 0 amide bonds. The summed E-state index contributed by atoms with van der Waals surface area (Å²) >= 11 is 0. The Balaban J connectivity index is 1.90. The lowest BCUT2D eigenvalue weighted by molar-refractivity contribution is 0.0311. The normalized spacial score (nSPS) is 52.6. The molecule has 0 aromatic rings. The first-order chi connectivity index (χ1) is 6.93. The van der Waals surface area contributed by atoms with E-state index in [1.165, 1.54) is 25.7 Å². The van der Waals surface area contributed by atoms with Crippen LogP contribution in [-0.2, 0) is 0 Å². The lowest BCUT2D eigenvalue weighted by Crippen LogP contribution is -2.37. The molecule has 3 saturated carbocycles. The van der Waals surface area contributed by atoms with Gasteiger partial charge in [-0.3, -0.25) is 0 Å². The Labute approximate surface area is 94.8 Å². The van der Waals surface area contributed by atoms with Crippen LogP contribution in [0, 0.1) is 22.2 Å². The molecule has 0 aromatic heterocycles. The van der Waals surface area contributed by atoms with Crippen LogP contribution >= 0.6 is 0 Å². The van der Waals surface area contributed by atoms with Crippen LogP contribution in [-0.4, -0.2) is 0 Å². The van der Waals surface area contributed by atoms with Gasteiger partial charge in [-0.25, -0.2) is 0 Å². The molecule has 0 aliphatic heterocycles. The first kappa shape index (κ1) is 10.2. The molecule has 15 heavy (non-hydrogen) atoms. The van der Waals surface area contributed by atoms with E-state index in [1.807, 2.05) is 0 Å². The van der Waals surface area contributed by atoms with Crippen LogP contribution in [0.15, 0.2) is 0 Å². The van der Waals surface area contributed by atoms with Crippen LogP contribution in [0.1, 0.15) is 72.1 Å². The number of rotatable bonds is 0. The molecule has 86 valence electrons. The largest absolute Gasteiger partial charge is 0.0599 e. The van der Waals surface area contributed by atoms with Crippen molar-refractivity contribution in [1.29, 1.82) is 0 Å². The van der Waals surface area contributed by atoms with Crippen molar-refractivity contribution in [3.05, 3.63) is 0 Å². The van der Waals surface area contributed by atoms with Crippen LogP contribution in [0.4, 0.5) is 0 Å². The minimum Gasteiger partial charge on any atom is -0.0599 e. The van der Waals surface area contributed by atoms with Gasteiger partial charge >= 0.3 is 0 Å². The summed E-state index contributed by atoms with van der Waals surface area (Å²) in [4.78, 5) is 0. The Hall–Kier alpha value is 0. The van der Waals surface area contributed by atoms with E-state index in [1.54, 1.807) is 25.7 Å². The zero-order chi connectivity index (χ0) is 10.7. The van der Waals surface area contributed by atoms with Crippen molar-refractivity contribution in [1.82, 2.24) is 0 Å². The van der Waals surface area contributed by atoms with E-state index in [4.69, 9.17) is 0 Å². The SMILES string of the molecule is CC1(C)CC[C@]23CCC[C@](C)(C[C@@H]2C1)C3. The molecule has 0 unspecified atom stereocenters. The molecule has 2 bridgehead atoms. The van der Waals surface area contributed by atoms with Gasteiger partial charge < -0.3 is 0 Å². The van der Waals surface area contributed by atoms with Crippen molar-refractivity contribution in [3.8, 4) is 0 Å². The van der Waals surface area contributed by atoms with Crippen LogP contribution < -0.4 is 0 Å². The predicted molar refractivity (Wildman–Crippen MR) is 64.7 cm³/mol. The second kappa shape index (κ2) is 2.81. The topological polar surface area (TPSA) is 0 Å². The third kappa shape index (κ3) is 1.47. The molecule has 3 aliphatic rings. The Morgan fingerprint density at radius 3 is 2.47 bits per heavy atom. The van der Waals surface area contributed by atoms with Crippen molar-refractivity contribution in [2.45, 2.75) is 72.1 Å². The van der Waals surface area contributed by atoms with E-state index < -0.39 is 0 Å². The maximum absolute atomic E-state index is 2.57. The van der Waals surface area contributed by atoms with Crippen molar-refractivity contribution in [3.63, 3.8) is 0 Å². The van der Waals surface area contributed by atoms with Gasteiger partial charge in [-0.2, -0.15) is 0 Å². The summed E-state index contributed by atoms with van der Waals surface area (Å²) in [5.41, 5.74) is 2.19. The van der Waals surface area contributed by atoms with Gasteiger partial charge in [-0.15, -0.1) is 0 Å². The van der Waals surface area contributed by atoms with Gasteiger partial charge in [0, 0.05) is 0 Å². The molecule has 3 aliphatic carbocycles. The summed E-state index contributed by atoms with van der Waals surface area (Å²) in [5, 5.41) is 0. The fraction of sp³-hybridized carbons (Fsp3) is 1.00. The molecule has 0 N–H and O–H groups in total. The number of fused-ring (bicyclic) bond motifs is 1. The average Bonchev–Trinajstić information content (AvgIpc) is 2.30. The van der Waals surface area contributed by atoms with E-state index in [-0.39, 0.29) is 0 Å². The molecule has 3 atom stereocenters. The van der Waals surface area contributed by atoms with Gasteiger partial charge in [0.1, 0.15) is 0 Å². The molecule has 3 rings (SSSR count). The first-order valence-corrected chi connectivity index (χ1v) is 6.93. The summed E-state index contributed by atoms with van der Waals surface area (Å²) < 4.78 is 0. The minimum absolute atomic E-state index is 0.643. The number of hydrogen-bond acceptors (Lipinski definition) is 0. The van der Waals surface area contributed by atoms with Gasteiger partial charge in [0.25, 0.3) is 0 Å². The summed E-state index contributed by atoms with van der Waals surface area (Å²) in [6, 6.07) is 0. The molecule has 1 spiro atoms. The van der Waals surface area contributed by atoms with Crippen molar-refractivity contribution < 1.29 is 0 Å². The van der Waals surface area contributed by atoms with Crippen LogP contribution in [0.3, 0.4) is 0 Å². The van der Waals surface area contributed by atoms with E-state index in [0.29, 0.717) is 5.41 Å². The third-order valence-electron chi connectivity index (χ3n) is 5.94. The van der Waals surface area contributed by atoms with Gasteiger partial charge in [-0.1, -0.05) is 27.2 Å². The summed E-state index contributed by atoms with van der Waals surface area (Å²) in [5.74, 6) is 1.08. The lowest BCUT2D eigenvalue weighted by atomic mass is 9.58. The van der Waals surface area contributed by atoms with Gasteiger partial charge in [0.05, 0.1) is 0 Å². The zero-order valence-corrected chi connectivity index (χ0v) is 10.7. The molecular formula is C15H26. The maximum atomic E-state index is 2.57. The van der Waals surface area contributed by atoms with E-state index in [9.17, 15) is 0 Å². The molecular weight excluding hydrogens is 180 g/mol. The Kier molecular flexibility index (Phi) is 1.91. The fourth-order valence-electron chi connectivity index (χ4n) is 5.29. The molecule has 3 fully saturated rings. The highest BCUT2D eigenvalue weighted by molar-refractivity contribution is 5.07. The maximum Gasteiger partial charge on any atom is -0.0263 e. The molecule has 0 saturated heterocycles. The van der Waals surface area contributed by atoms with E-state index >= 15 is 0 Å². The van der Waals surface area contributed by atoms with Crippen molar-refractivity contribution in [2.24, 2.45) is 22.2 Å². The standard InChI is InChI=1S/C15H26/c1-13(2)7-8-15-6-4-5-14(3,11-15)10-12(15)9-13/h12H,4-11H2,1-3H3/t12-,14+,15-/m0/s1. The zero-order valence-electron chi connectivity index (χ0n) is 10.7. The van der Waals surface area contributed by atoms with Crippen molar-refractivity contribution >= 4 is 0 Å². The predicted octanol–water partition coefficient (Wildman–Crippen LogP) is 4.78. The third-order valence-corrected chi connectivity index (χ3v) is 5.94. The van der Waals surface area contributed by atoms with Gasteiger partial charge in [0.15, 0.2) is 0 Å². The van der Waals surface area contributed by atoms with Gasteiger partial charge in [-0.05, 0) is 67.1 Å². The highest BCUT2D eigenvalue weighted by atomic mass is 14.6. The minimum atomic E-state index is 0.643. The van der Waals surface area contributed by atoms with E-state index in [2.05, 4.69) is 20.8 Å². The Morgan fingerprint density at radius 1 is 0.867 bits per heavy atom. The second-order valence-corrected chi connectivity index (χ2v) is 7.97. The van der Waals surface area contributed by atoms with Crippen LogP contribution in [0.5, 0.6) is 0 Å². The fourth-order valence-corrected chi connectivity index (χ4v) is 5.29. The van der Waals surface area contributed by atoms with Gasteiger partial charge in [0.2, 0.25) is 0 Å². The molecule has 0 heteroatoms. The highest BCUT2D eigenvalue weighted by Gasteiger charge is 2.57. The average molecular weight is 206 g/mol. The summed E-state index contributed by atoms with van der Waals surface area (Å²) in [6.45, 7) is 7.55. The van der Waals surface area contributed by atoms with Crippen LogP contribution in [0.25, 0.3) is 0 Å². The number of hydrogen-bond donors (Lipinski definition) is 0.